The van der Waals surface area contributed by atoms with Gasteiger partial charge in [-0.1, -0.05) is 18.2 Å². The van der Waals surface area contributed by atoms with E-state index in [0.29, 0.717) is 11.3 Å². The summed E-state index contributed by atoms with van der Waals surface area (Å²) in [6.45, 7) is 0. The molecule has 0 unspecified atom stereocenters. The summed E-state index contributed by atoms with van der Waals surface area (Å²) in [5.41, 5.74) is 3.61. The molecule has 0 radical (unpaired) electrons. The Balaban J connectivity index is 0.000000165. The van der Waals surface area contributed by atoms with Crippen molar-refractivity contribution in [3.05, 3.63) is 65.0 Å². The number of aliphatic imine (C=N–C) groups is 1. The standard InChI is InChI=1S/C10H5NO2S.C6H4/c12-10-4-2-7-1-3-8(11-6-14)5-9(7)13-10;1-2-5-4-6(5)3-1/h1-5H;1-4H. The normalized spacial score (nSPS) is 10.2. The fraction of sp³-hybridized carbons (Fsp3) is 0. The third-order valence-electron chi connectivity index (χ3n) is 2.89. The second-order valence-electron chi connectivity index (χ2n) is 4.26. The Morgan fingerprint density at radius 3 is 2.35 bits per heavy atom. The highest BCUT2D eigenvalue weighted by Crippen LogP contribution is 2.32. The van der Waals surface area contributed by atoms with Crippen LogP contribution in [0, 0.1) is 0 Å². The molecule has 2 aromatic rings. The second kappa shape index (κ2) is 5.21. The molecule has 2 aliphatic rings. The summed E-state index contributed by atoms with van der Waals surface area (Å²) >= 11 is 4.47. The molecule has 0 spiro atoms. The van der Waals surface area contributed by atoms with Crippen LogP contribution in [0.15, 0.2) is 68.8 Å². The molecule has 2 aliphatic carbocycles. The SMILES string of the molecule is O=c1ccc2ccc(N=C=S)cc2o1.c1cc2cc-2c1. The van der Waals surface area contributed by atoms with Gasteiger partial charge in [0.2, 0.25) is 0 Å². The number of thiocarbonyl (C=S) groups is 1. The molecule has 4 heteroatoms. The van der Waals surface area contributed by atoms with Crippen molar-refractivity contribution in [2.24, 2.45) is 4.99 Å². The lowest BCUT2D eigenvalue weighted by Gasteiger charge is -1.95. The van der Waals surface area contributed by atoms with Crippen LogP contribution in [-0.2, 0) is 0 Å². The molecule has 1 aromatic heterocycles. The van der Waals surface area contributed by atoms with Gasteiger partial charge in [0, 0.05) is 17.5 Å². The predicted octanol–water partition coefficient (Wildman–Crippen LogP) is 4.19. The first-order chi connectivity index (χ1) is 9.76. The van der Waals surface area contributed by atoms with E-state index in [4.69, 9.17) is 4.42 Å². The van der Waals surface area contributed by atoms with E-state index in [-0.39, 0.29) is 5.63 Å². The molecule has 20 heavy (non-hydrogen) atoms. The van der Waals surface area contributed by atoms with Crippen molar-refractivity contribution in [1.82, 2.24) is 0 Å². The van der Waals surface area contributed by atoms with Gasteiger partial charge in [-0.25, -0.2) is 4.79 Å². The molecule has 0 bridgehead atoms. The molecule has 0 saturated carbocycles. The molecule has 0 atom stereocenters. The Kier molecular flexibility index (Phi) is 3.25. The zero-order valence-corrected chi connectivity index (χ0v) is 11.2. The predicted molar refractivity (Wildman–Crippen MR) is 82.6 cm³/mol. The summed E-state index contributed by atoms with van der Waals surface area (Å²) in [7, 11) is 0. The van der Waals surface area contributed by atoms with Crippen molar-refractivity contribution in [3.63, 3.8) is 0 Å². The topological polar surface area (TPSA) is 42.6 Å². The summed E-state index contributed by atoms with van der Waals surface area (Å²) in [4.78, 5) is 14.7. The lowest BCUT2D eigenvalue weighted by atomic mass is 10.2. The maximum Gasteiger partial charge on any atom is 0.336 e. The minimum atomic E-state index is -0.374. The number of nitrogens with zero attached hydrogens (tertiary/aromatic N) is 1. The van der Waals surface area contributed by atoms with Gasteiger partial charge < -0.3 is 4.42 Å². The van der Waals surface area contributed by atoms with Crippen LogP contribution in [0.4, 0.5) is 5.69 Å². The lowest BCUT2D eigenvalue weighted by Crippen LogP contribution is -1.93. The van der Waals surface area contributed by atoms with Crippen LogP contribution in [0.25, 0.3) is 22.1 Å². The van der Waals surface area contributed by atoms with Gasteiger partial charge >= 0.3 is 5.63 Å². The Labute approximate surface area is 120 Å². The first-order valence-corrected chi connectivity index (χ1v) is 6.39. The van der Waals surface area contributed by atoms with Crippen LogP contribution in [0.3, 0.4) is 0 Å². The van der Waals surface area contributed by atoms with Crippen molar-refractivity contribution in [3.8, 4) is 11.1 Å². The highest BCUT2D eigenvalue weighted by Gasteiger charge is 2.07. The molecule has 0 aliphatic heterocycles. The summed E-state index contributed by atoms with van der Waals surface area (Å²) in [5.74, 6) is 0. The van der Waals surface area contributed by atoms with Crippen LogP contribution in [0.5, 0.6) is 0 Å². The minimum Gasteiger partial charge on any atom is -0.423 e. The number of rotatable bonds is 1. The molecule has 0 N–H and O–H groups in total. The number of isothiocyanates is 1. The Hall–Kier alpha value is -2.55. The first-order valence-electron chi connectivity index (χ1n) is 5.98. The Morgan fingerprint density at radius 1 is 1.00 bits per heavy atom. The van der Waals surface area contributed by atoms with Crippen molar-refractivity contribution < 1.29 is 4.42 Å². The van der Waals surface area contributed by atoms with Gasteiger partial charge in [0.05, 0.1) is 10.8 Å². The number of fused-ring (bicyclic) bond motifs is 2. The lowest BCUT2D eigenvalue weighted by molar-refractivity contribution is 0.561. The van der Waals surface area contributed by atoms with Crippen molar-refractivity contribution >= 4 is 34.0 Å². The summed E-state index contributed by atoms with van der Waals surface area (Å²) in [6.07, 6.45) is 0. The number of hydrogen-bond donors (Lipinski definition) is 0. The first kappa shape index (κ1) is 12.5. The fourth-order valence-electron chi connectivity index (χ4n) is 1.85. The maximum absolute atomic E-state index is 10.9. The molecule has 96 valence electrons. The highest BCUT2D eigenvalue weighted by molar-refractivity contribution is 7.78. The average Bonchev–Trinajstić information content (AvgIpc) is 3.06. The summed E-state index contributed by atoms with van der Waals surface area (Å²) < 4.78 is 4.97. The van der Waals surface area contributed by atoms with Crippen LogP contribution >= 0.6 is 12.2 Å². The van der Waals surface area contributed by atoms with Gasteiger partial charge in [0.1, 0.15) is 5.58 Å². The largest absolute Gasteiger partial charge is 0.423 e. The highest BCUT2D eigenvalue weighted by atomic mass is 32.1. The minimum absolute atomic E-state index is 0.374. The van der Waals surface area contributed by atoms with Gasteiger partial charge in [-0.05, 0) is 47.6 Å². The summed E-state index contributed by atoms with van der Waals surface area (Å²) in [5, 5.41) is 3.11. The van der Waals surface area contributed by atoms with Gasteiger partial charge in [-0.2, -0.15) is 4.99 Å². The zero-order valence-electron chi connectivity index (χ0n) is 10.4. The van der Waals surface area contributed by atoms with Gasteiger partial charge in [-0.15, -0.1) is 0 Å². The fourth-order valence-corrected chi connectivity index (χ4v) is 1.95. The Bertz CT molecular complexity index is 875. The van der Waals surface area contributed by atoms with Crippen molar-refractivity contribution in [2.45, 2.75) is 0 Å². The maximum atomic E-state index is 10.9. The van der Waals surface area contributed by atoms with E-state index in [0.717, 1.165) is 5.39 Å². The summed E-state index contributed by atoms with van der Waals surface area (Å²) in [6, 6.07) is 16.8. The number of benzene rings is 2. The van der Waals surface area contributed by atoms with Crippen LogP contribution in [-0.4, -0.2) is 5.16 Å². The smallest absolute Gasteiger partial charge is 0.336 e. The molecule has 1 heterocycles. The average molecular weight is 279 g/mol. The van der Waals surface area contributed by atoms with E-state index in [1.807, 2.05) is 6.07 Å². The third-order valence-corrected chi connectivity index (χ3v) is 2.99. The quantitative estimate of drug-likeness (QED) is 0.298. The molecule has 3 nitrogen and oxygen atoms in total. The number of hydrogen-bond acceptors (Lipinski definition) is 4. The van der Waals surface area contributed by atoms with Crippen LogP contribution in [0.1, 0.15) is 0 Å². The zero-order chi connectivity index (χ0) is 13.9. The molecule has 0 amide bonds. The van der Waals surface area contributed by atoms with E-state index < -0.39 is 0 Å². The van der Waals surface area contributed by atoms with E-state index in [9.17, 15) is 4.79 Å². The second-order valence-corrected chi connectivity index (χ2v) is 4.44. The van der Waals surface area contributed by atoms with Gasteiger partial charge in [0.25, 0.3) is 0 Å². The van der Waals surface area contributed by atoms with Crippen LogP contribution in [0.2, 0.25) is 0 Å². The van der Waals surface area contributed by atoms with E-state index >= 15 is 0 Å². The molecular formula is C16H9NO2S. The van der Waals surface area contributed by atoms with E-state index in [2.05, 4.69) is 46.6 Å². The molecule has 4 rings (SSSR count). The van der Waals surface area contributed by atoms with Crippen LogP contribution < -0.4 is 5.63 Å². The van der Waals surface area contributed by atoms with E-state index in [1.54, 1.807) is 18.2 Å². The van der Waals surface area contributed by atoms with E-state index in [1.165, 1.54) is 17.2 Å². The molecule has 0 saturated heterocycles. The van der Waals surface area contributed by atoms with Gasteiger partial charge in [-0.3, -0.25) is 0 Å². The molecular weight excluding hydrogens is 270 g/mol. The van der Waals surface area contributed by atoms with Crippen molar-refractivity contribution in [1.29, 1.82) is 0 Å². The monoisotopic (exact) mass is 279 g/mol. The third kappa shape index (κ3) is 2.72. The molecule has 0 fully saturated rings. The Morgan fingerprint density at radius 2 is 1.75 bits per heavy atom. The van der Waals surface area contributed by atoms with Crippen molar-refractivity contribution in [2.75, 3.05) is 0 Å². The molecule has 1 aromatic carbocycles. The van der Waals surface area contributed by atoms with Gasteiger partial charge in [0.15, 0.2) is 0 Å².